The van der Waals surface area contributed by atoms with E-state index < -0.39 is 6.10 Å². The molecular formula is C23H21ClN4O2. The summed E-state index contributed by atoms with van der Waals surface area (Å²) in [5.41, 5.74) is 3.52. The van der Waals surface area contributed by atoms with Crippen molar-refractivity contribution in [3.8, 4) is 11.5 Å². The van der Waals surface area contributed by atoms with Crippen molar-refractivity contribution in [1.82, 2.24) is 15.0 Å². The summed E-state index contributed by atoms with van der Waals surface area (Å²) in [7, 11) is 0. The van der Waals surface area contributed by atoms with E-state index in [1.807, 2.05) is 38.1 Å². The topological polar surface area (TPSA) is 90.9 Å². The van der Waals surface area contributed by atoms with Crippen molar-refractivity contribution in [3.05, 3.63) is 76.9 Å². The quantitative estimate of drug-likeness (QED) is 0.412. The number of amides is 1. The highest BCUT2D eigenvalue weighted by atomic mass is 35.5. The number of anilines is 1. The molecule has 4 aromatic rings. The molecule has 2 aromatic carbocycles. The summed E-state index contributed by atoms with van der Waals surface area (Å²) in [4.78, 5) is 25.1. The normalized spacial score (nSPS) is 12.3. The summed E-state index contributed by atoms with van der Waals surface area (Å²) < 4.78 is 0. The molecule has 0 bridgehead atoms. The molecule has 2 heterocycles. The highest BCUT2D eigenvalue weighted by Crippen LogP contribution is 2.30. The van der Waals surface area contributed by atoms with E-state index in [0.717, 1.165) is 5.52 Å². The first-order chi connectivity index (χ1) is 14.4. The van der Waals surface area contributed by atoms with Gasteiger partial charge in [0, 0.05) is 6.20 Å². The molecule has 7 heteroatoms. The maximum atomic E-state index is 13.0. The predicted molar refractivity (Wildman–Crippen MR) is 119 cm³/mol. The van der Waals surface area contributed by atoms with Crippen LogP contribution in [-0.2, 0) is 0 Å². The standard InChI is InChI=1S/C23H21ClN4O2/c1-13(2)21(29)14-9-10-16(24)19(12-14)27-23(30)15-6-5-8-17-20(15)28-22(26-17)18-7-3-4-11-25-18/h3-13,21,29H,1-2H3,(H,26,28)(H,27,30). The molecule has 0 saturated heterocycles. The number of imidazole rings is 1. The molecule has 0 spiro atoms. The third kappa shape index (κ3) is 3.92. The first-order valence-corrected chi connectivity index (χ1v) is 10.0. The number of benzene rings is 2. The van der Waals surface area contributed by atoms with Gasteiger partial charge < -0.3 is 15.4 Å². The van der Waals surface area contributed by atoms with Crippen LogP contribution >= 0.6 is 11.6 Å². The monoisotopic (exact) mass is 420 g/mol. The van der Waals surface area contributed by atoms with Crippen LogP contribution in [0.25, 0.3) is 22.6 Å². The second-order valence-electron chi connectivity index (χ2n) is 7.38. The number of carbonyl (C=O) groups excluding carboxylic acids is 1. The number of halogens is 1. The van der Waals surface area contributed by atoms with Gasteiger partial charge >= 0.3 is 0 Å². The van der Waals surface area contributed by atoms with Gasteiger partial charge in [0.25, 0.3) is 5.91 Å². The Morgan fingerprint density at radius 1 is 1.13 bits per heavy atom. The van der Waals surface area contributed by atoms with E-state index in [4.69, 9.17) is 11.6 Å². The van der Waals surface area contributed by atoms with Crippen LogP contribution in [0.1, 0.15) is 35.9 Å². The third-order valence-electron chi connectivity index (χ3n) is 4.88. The van der Waals surface area contributed by atoms with Crippen LogP contribution in [0.4, 0.5) is 5.69 Å². The molecule has 4 rings (SSSR count). The zero-order valence-corrected chi connectivity index (χ0v) is 17.3. The fourth-order valence-electron chi connectivity index (χ4n) is 3.24. The van der Waals surface area contributed by atoms with Gasteiger partial charge in [-0.05, 0) is 47.9 Å². The lowest BCUT2D eigenvalue weighted by Gasteiger charge is -2.17. The Labute approximate surface area is 179 Å². The Hall–Kier alpha value is -3.22. The molecule has 1 amide bonds. The molecule has 1 unspecified atom stereocenters. The summed E-state index contributed by atoms with van der Waals surface area (Å²) in [6.07, 6.45) is 1.05. The smallest absolute Gasteiger partial charge is 0.257 e. The van der Waals surface area contributed by atoms with Crippen molar-refractivity contribution in [2.75, 3.05) is 5.32 Å². The van der Waals surface area contributed by atoms with Crippen molar-refractivity contribution in [2.45, 2.75) is 20.0 Å². The first-order valence-electron chi connectivity index (χ1n) is 9.63. The molecule has 3 N–H and O–H groups in total. The molecule has 2 aromatic heterocycles. The zero-order chi connectivity index (χ0) is 21.3. The molecule has 0 aliphatic rings. The van der Waals surface area contributed by atoms with Gasteiger partial charge in [-0.15, -0.1) is 0 Å². The number of fused-ring (bicyclic) bond motifs is 1. The van der Waals surface area contributed by atoms with Crippen molar-refractivity contribution in [3.63, 3.8) is 0 Å². The van der Waals surface area contributed by atoms with Gasteiger partial charge in [-0.25, -0.2) is 4.98 Å². The van der Waals surface area contributed by atoms with Crippen LogP contribution in [-0.4, -0.2) is 26.0 Å². The van der Waals surface area contributed by atoms with Crippen LogP contribution < -0.4 is 5.32 Å². The number of aliphatic hydroxyl groups excluding tert-OH is 1. The van der Waals surface area contributed by atoms with E-state index in [1.165, 1.54) is 0 Å². The van der Waals surface area contributed by atoms with Crippen LogP contribution in [0.15, 0.2) is 60.8 Å². The Morgan fingerprint density at radius 3 is 2.70 bits per heavy atom. The summed E-state index contributed by atoms with van der Waals surface area (Å²) >= 11 is 6.29. The van der Waals surface area contributed by atoms with Gasteiger partial charge in [-0.3, -0.25) is 9.78 Å². The van der Waals surface area contributed by atoms with Crippen molar-refractivity contribution >= 4 is 34.2 Å². The number of H-pyrrole nitrogens is 1. The molecule has 0 saturated carbocycles. The van der Waals surface area contributed by atoms with Crippen molar-refractivity contribution in [1.29, 1.82) is 0 Å². The number of hydrogen-bond donors (Lipinski definition) is 3. The minimum Gasteiger partial charge on any atom is -0.388 e. The molecule has 6 nitrogen and oxygen atoms in total. The number of aromatic amines is 1. The lowest BCUT2D eigenvalue weighted by Crippen LogP contribution is -2.14. The molecule has 0 aliphatic heterocycles. The summed E-state index contributed by atoms with van der Waals surface area (Å²) in [6.45, 7) is 3.85. The number of nitrogens with one attached hydrogen (secondary N) is 2. The number of aliphatic hydroxyl groups is 1. The molecule has 0 aliphatic carbocycles. The first kappa shape index (κ1) is 20.1. The maximum absolute atomic E-state index is 13.0. The van der Waals surface area contributed by atoms with Gasteiger partial charge in [0.05, 0.1) is 27.9 Å². The van der Waals surface area contributed by atoms with E-state index in [1.54, 1.807) is 36.5 Å². The van der Waals surface area contributed by atoms with E-state index in [-0.39, 0.29) is 11.8 Å². The second-order valence-corrected chi connectivity index (χ2v) is 7.79. The number of hydrogen-bond acceptors (Lipinski definition) is 4. The SMILES string of the molecule is CC(C)C(O)c1ccc(Cl)c(NC(=O)c2cccc3[nH]c(-c4ccccn4)nc23)c1. The average Bonchev–Trinajstić information content (AvgIpc) is 3.19. The van der Waals surface area contributed by atoms with Gasteiger partial charge in [0.15, 0.2) is 5.82 Å². The maximum Gasteiger partial charge on any atom is 0.257 e. The fraction of sp³-hybridized carbons (Fsp3) is 0.174. The number of rotatable bonds is 5. The molecule has 0 radical (unpaired) electrons. The Bertz CT molecular complexity index is 1200. The van der Waals surface area contributed by atoms with Gasteiger partial charge in [-0.2, -0.15) is 0 Å². The summed E-state index contributed by atoms with van der Waals surface area (Å²) in [6, 6.07) is 16.1. The highest BCUT2D eigenvalue weighted by Gasteiger charge is 2.18. The largest absolute Gasteiger partial charge is 0.388 e. The van der Waals surface area contributed by atoms with Crippen molar-refractivity contribution < 1.29 is 9.90 Å². The van der Waals surface area contributed by atoms with E-state index in [0.29, 0.717) is 38.9 Å². The number of carbonyl (C=O) groups is 1. The Kier molecular flexibility index (Phi) is 5.53. The number of pyridine rings is 1. The van der Waals surface area contributed by atoms with Crippen molar-refractivity contribution in [2.24, 2.45) is 5.92 Å². The lowest BCUT2D eigenvalue weighted by molar-refractivity contribution is 0.102. The van der Waals surface area contributed by atoms with E-state index >= 15 is 0 Å². The Balaban J connectivity index is 1.67. The highest BCUT2D eigenvalue weighted by molar-refractivity contribution is 6.34. The van der Waals surface area contributed by atoms with Gasteiger partial charge in [0.2, 0.25) is 0 Å². The lowest BCUT2D eigenvalue weighted by atomic mass is 9.99. The average molecular weight is 421 g/mol. The van der Waals surface area contributed by atoms with Crippen LogP contribution in [0.2, 0.25) is 5.02 Å². The van der Waals surface area contributed by atoms with Crippen LogP contribution in [0, 0.1) is 5.92 Å². The molecular weight excluding hydrogens is 400 g/mol. The minimum absolute atomic E-state index is 0.0394. The number of nitrogens with zero attached hydrogens (tertiary/aromatic N) is 2. The molecule has 1 atom stereocenters. The number of para-hydroxylation sites is 1. The third-order valence-corrected chi connectivity index (χ3v) is 5.21. The molecule has 0 fully saturated rings. The molecule has 152 valence electrons. The summed E-state index contributed by atoms with van der Waals surface area (Å²) in [5, 5.41) is 13.6. The van der Waals surface area contributed by atoms with Crippen LogP contribution in [0.5, 0.6) is 0 Å². The minimum atomic E-state index is -0.645. The predicted octanol–water partition coefficient (Wildman–Crippen LogP) is 5.22. The second kappa shape index (κ2) is 8.26. The molecule has 30 heavy (non-hydrogen) atoms. The van der Waals surface area contributed by atoms with E-state index in [2.05, 4.69) is 20.3 Å². The Morgan fingerprint density at radius 2 is 1.97 bits per heavy atom. The van der Waals surface area contributed by atoms with E-state index in [9.17, 15) is 9.90 Å². The summed E-state index contributed by atoms with van der Waals surface area (Å²) in [5.74, 6) is 0.293. The fourth-order valence-corrected chi connectivity index (χ4v) is 3.40. The van der Waals surface area contributed by atoms with Gasteiger partial charge in [-0.1, -0.05) is 43.6 Å². The number of aromatic nitrogens is 3. The van der Waals surface area contributed by atoms with Crippen LogP contribution in [0.3, 0.4) is 0 Å². The zero-order valence-electron chi connectivity index (χ0n) is 16.6. The van der Waals surface area contributed by atoms with Gasteiger partial charge in [0.1, 0.15) is 11.2 Å².